The number of carbonyl (C=O) groups excluding carboxylic acids is 1. The SMILES string of the molecule is CN(CC(N)=O)Cc1cccc(-c2cnc(N3CCS(O)(O)CC3)nc2)c1. The number of hydrogen-bond acceptors (Lipinski definition) is 7. The molecule has 1 aromatic carbocycles. The molecule has 0 saturated carbocycles. The molecule has 146 valence electrons. The largest absolute Gasteiger partial charge is 0.369 e. The third kappa shape index (κ3) is 5.39. The molecule has 1 amide bonds. The highest BCUT2D eigenvalue weighted by atomic mass is 32.3. The first-order chi connectivity index (χ1) is 12.8. The van der Waals surface area contributed by atoms with E-state index < -0.39 is 10.6 Å². The molecule has 1 aromatic heterocycles. The summed E-state index contributed by atoms with van der Waals surface area (Å²) < 4.78 is 19.4. The monoisotopic (exact) mass is 391 g/mol. The molecular formula is C18H25N5O3S. The van der Waals surface area contributed by atoms with E-state index in [0.29, 0.717) is 37.1 Å². The van der Waals surface area contributed by atoms with Crippen molar-refractivity contribution in [2.75, 3.05) is 43.1 Å². The normalized spacial score (nSPS) is 17.7. The Morgan fingerprint density at radius 2 is 1.89 bits per heavy atom. The number of rotatable bonds is 6. The van der Waals surface area contributed by atoms with E-state index in [1.54, 1.807) is 12.4 Å². The van der Waals surface area contributed by atoms with Crippen molar-refractivity contribution in [2.45, 2.75) is 6.54 Å². The lowest BCUT2D eigenvalue weighted by Crippen LogP contribution is -2.39. The predicted molar refractivity (Wildman–Crippen MR) is 108 cm³/mol. The zero-order chi connectivity index (χ0) is 19.4. The Kier molecular flexibility index (Phi) is 5.95. The summed E-state index contributed by atoms with van der Waals surface area (Å²) >= 11 is 0. The minimum atomic E-state index is -2.43. The van der Waals surface area contributed by atoms with Gasteiger partial charge < -0.3 is 10.6 Å². The molecule has 0 radical (unpaired) electrons. The maximum Gasteiger partial charge on any atom is 0.231 e. The molecule has 1 aliphatic heterocycles. The molecular weight excluding hydrogens is 366 g/mol. The quantitative estimate of drug-likeness (QED) is 0.685. The van der Waals surface area contributed by atoms with Crippen molar-refractivity contribution in [3.05, 3.63) is 42.2 Å². The van der Waals surface area contributed by atoms with Crippen molar-refractivity contribution in [1.29, 1.82) is 0 Å². The van der Waals surface area contributed by atoms with E-state index in [1.165, 1.54) is 0 Å². The van der Waals surface area contributed by atoms with E-state index in [1.807, 2.05) is 41.1 Å². The van der Waals surface area contributed by atoms with Gasteiger partial charge in [0.15, 0.2) is 0 Å². The van der Waals surface area contributed by atoms with Crippen LogP contribution in [0.1, 0.15) is 5.56 Å². The summed E-state index contributed by atoms with van der Waals surface area (Å²) in [5.74, 6) is 0.973. The van der Waals surface area contributed by atoms with E-state index in [9.17, 15) is 13.9 Å². The Hall–Kier alpha value is -2.20. The van der Waals surface area contributed by atoms with Gasteiger partial charge in [0.25, 0.3) is 0 Å². The van der Waals surface area contributed by atoms with Gasteiger partial charge >= 0.3 is 0 Å². The van der Waals surface area contributed by atoms with Crippen LogP contribution in [-0.4, -0.2) is 68.1 Å². The van der Waals surface area contributed by atoms with E-state index in [-0.39, 0.29) is 12.5 Å². The van der Waals surface area contributed by atoms with Crippen LogP contribution in [0.4, 0.5) is 5.95 Å². The zero-order valence-corrected chi connectivity index (χ0v) is 16.1. The molecule has 0 atom stereocenters. The molecule has 1 saturated heterocycles. The molecule has 1 fully saturated rings. The molecule has 0 unspecified atom stereocenters. The minimum absolute atomic E-state index is 0.211. The Bertz CT molecular complexity index is 790. The van der Waals surface area contributed by atoms with E-state index in [0.717, 1.165) is 16.7 Å². The standard InChI is InChI=1S/C18H25N5O3S/c1-22(13-17(19)24)12-14-3-2-4-15(9-14)16-10-20-18(21-11-16)23-5-7-27(25,26)8-6-23/h2-4,9-11,25-26H,5-8,12-13H2,1H3,(H2,19,24). The summed E-state index contributed by atoms with van der Waals surface area (Å²) in [6.07, 6.45) is 3.56. The van der Waals surface area contributed by atoms with Gasteiger partial charge in [0, 0.05) is 37.6 Å². The van der Waals surface area contributed by atoms with Crippen LogP contribution < -0.4 is 10.6 Å². The van der Waals surface area contributed by atoms with Gasteiger partial charge in [0.2, 0.25) is 11.9 Å². The smallest absolute Gasteiger partial charge is 0.231 e. The summed E-state index contributed by atoms with van der Waals surface area (Å²) in [5.41, 5.74) is 8.20. The number of amides is 1. The number of benzene rings is 1. The second-order valence-corrected chi connectivity index (χ2v) is 9.23. The molecule has 4 N–H and O–H groups in total. The molecule has 2 heterocycles. The topological polar surface area (TPSA) is 116 Å². The van der Waals surface area contributed by atoms with Crippen molar-refractivity contribution >= 4 is 22.4 Å². The van der Waals surface area contributed by atoms with E-state index in [2.05, 4.69) is 9.97 Å². The predicted octanol–water partition coefficient (Wildman–Crippen LogP) is 1.63. The molecule has 27 heavy (non-hydrogen) atoms. The number of nitrogens with two attached hydrogens (primary N) is 1. The Morgan fingerprint density at radius 3 is 2.52 bits per heavy atom. The Labute approximate surface area is 160 Å². The first-order valence-corrected chi connectivity index (χ1v) is 10.6. The van der Waals surface area contributed by atoms with Gasteiger partial charge in [0.05, 0.1) is 18.1 Å². The number of carbonyl (C=O) groups is 1. The third-order valence-corrected chi connectivity index (χ3v) is 6.11. The second kappa shape index (κ2) is 8.22. The summed E-state index contributed by atoms with van der Waals surface area (Å²) in [4.78, 5) is 23.7. The molecule has 0 aliphatic carbocycles. The lowest BCUT2D eigenvalue weighted by Gasteiger charge is -2.40. The highest BCUT2D eigenvalue weighted by molar-refractivity contribution is 8.24. The lowest BCUT2D eigenvalue weighted by molar-refractivity contribution is -0.118. The van der Waals surface area contributed by atoms with E-state index >= 15 is 0 Å². The lowest BCUT2D eigenvalue weighted by atomic mass is 10.1. The number of nitrogens with zero attached hydrogens (tertiary/aromatic N) is 4. The Morgan fingerprint density at radius 1 is 1.22 bits per heavy atom. The molecule has 3 rings (SSSR count). The van der Waals surface area contributed by atoms with Gasteiger partial charge in [0.1, 0.15) is 0 Å². The molecule has 0 spiro atoms. The first kappa shape index (κ1) is 19.6. The number of primary amides is 1. The molecule has 1 aliphatic rings. The summed E-state index contributed by atoms with van der Waals surface area (Å²) in [6, 6.07) is 8.01. The fraction of sp³-hybridized carbons (Fsp3) is 0.389. The number of aromatic nitrogens is 2. The van der Waals surface area contributed by atoms with Crippen molar-refractivity contribution < 1.29 is 13.9 Å². The summed E-state index contributed by atoms with van der Waals surface area (Å²) in [5, 5.41) is 0. The highest BCUT2D eigenvalue weighted by Crippen LogP contribution is 2.40. The number of anilines is 1. The zero-order valence-electron chi connectivity index (χ0n) is 15.3. The van der Waals surface area contributed by atoms with Crippen LogP contribution >= 0.6 is 10.6 Å². The van der Waals surface area contributed by atoms with Crippen LogP contribution in [-0.2, 0) is 11.3 Å². The maximum atomic E-state index is 11.0. The fourth-order valence-electron chi connectivity index (χ4n) is 3.04. The maximum absolute atomic E-state index is 11.0. The number of hydrogen-bond donors (Lipinski definition) is 3. The van der Waals surface area contributed by atoms with Gasteiger partial charge in [-0.05, 0) is 24.2 Å². The van der Waals surface area contributed by atoms with Crippen LogP contribution in [0.15, 0.2) is 36.7 Å². The van der Waals surface area contributed by atoms with Gasteiger partial charge in [-0.2, -0.15) is 10.6 Å². The van der Waals surface area contributed by atoms with Crippen molar-refractivity contribution in [1.82, 2.24) is 14.9 Å². The van der Waals surface area contributed by atoms with Gasteiger partial charge in [-0.25, -0.2) is 9.97 Å². The van der Waals surface area contributed by atoms with Crippen LogP contribution in [0.25, 0.3) is 11.1 Å². The summed E-state index contributed by atoms with van der Waals surface area (Å²) in [7, 11) is -0.577. The summed E-state index contributed by atoms with van der Waals surface area (Å²) in [6.45, 7) is 1.92. The van der Waals surface area contributed by atoms with Gasteiger partial charge in [-0.3, -0.25) is 18.8 Å². The molecule has 9 heteroatoms. The van der Waals surface area contributed by atoms with Crippen LogP contribution in [0.2, 0.25) is 0 Å². The Balaban J connectivity index is 1.68. The third-order valence-electron chi connectivity index (χ3n) is 4.44. The molecule has 8 nitrogen and oxygen atoms in total. The van der Waals surface area contributed by atoms with Crippen molar-refractivity contribution in [3.63, 3.8) is 0 Å². The first-order valence-electron chi connectivity index (χ1n) is 8.69. The van der Waals surface area contributed by atoms with Crippen LogP contribution in [0, 0.1) is 0 Å². The average molecular weight is 391 g/mol. The van der Waals surface area contributed by atoms with Crippen molar-refractivity contribution in [2.24, 2.45) is 5.73 Å². The van der Waals surface area contributed by atoms with E-state index in [4.69, 9.17) is 5.73 Å². The second-order valence-electron chi connectivity index (χ2n) is 6.81. The van der Waals surface area contributed by atoms with Gasteiger partial charge in [-0.15, -0.1) is 0 Å². The van der Waals surface area contributed by atoms with Crippen LogP contribution in [0.3, 0.4) is 0 Å². The van der Waals surface area contributed by atoms with Crippen molar-refractivity contribution in [3.8, 4) is 11.1 Å². The average Bonchev–Trinajstić information content (AvgIpc) is 2.61. The van der Waals surface area contributed by atoms with Gasteiger partial charge in [-0.1, -0.05) is 18.2 Å². The minimum Gasteiger partial charge on any atom is -0.369 e. The molecule has 2 aromatic rings. The highest BCUT2D eigenvalue weighted by Gasteiger charge is 2.23. The fourth-order valence-corrected chi connectivity index (χ4v) is 4.27. The van der Waals surface area contributed by atoms with Crippen LogP contribution in [0.5, 0.6) is 0 Å². The molecule has 0 bridgehead atoms. The number of likely N-dealkylation sites (N-methyl/N-ethyl adjacent to an activating group) is 1.